The molecule has 0 aromatic heterocycles. The van der Waals surface area contributed by atoms with Crippen LogP contribution in [0.4, 0.5) is 0 Å². The maximum atomic E-state index is 8.36. The molecule has 0 amide bonds. The molecule has 0 aromatic carbocycles. The van der Waals surface area contributed by atoms with E-state index in [4.69, 9.17) is 5.11 Å². The Labute approximate surface area is 49.2 Å². The zero-order chi connectivity index (χ0) is 4.28. The van der Waals surface area contributed by atoms with Gasteiger partial charge in [-0.05, 0) is 13.3 Å². The summed E-state index contributed by atoms with van der Waals surface area (Å²) in [6.45, 7) is 3.73. The molecular weight excluding hydrogens is 120 g/mol. The van der Waals surface area contributed by atoms with Gasteiger partial charge in [0, 0.05) is 0 Å². The normalized spacial score (nSPS) is 12.5. The molecule has 0 aromatic rings. The first kappa shape index (κ1) is 9.70. The average Bonchev–Trinajstić information content (AvgIpc) is 1.38. The molecule has 6 heavy (non-hydrogen) atoms. The quantitative estimate of drug-likeness (QED) is 0.520. The predicted octanol–water partition coefficient (Wildman–Crippen LogP) is 0.775. The molecule has 0 radical (unpaired) electrons. The summed E-state index contributed by atoms with van der Waals surface area (Å²) in [6.07, 6.45) is 0.745. The van der Waals surface area contributed by atoms with Crippen LogP contribution < -0.4 is 0 Å². The Morgan fingerprint density at radius 2 is 1.83 bits per heavy atom. The smallest absolute Gasteiger partial charge is 0.393 e. The minimum absolute atomic E-state index is 0. The van der Waals surface area contributed by atoms with Gasteiger partial charge in [-0.1, -0.05) is 6.92 Å². The van der Waals surface area contributed by atoms with Gasteiger partial charge in [-0.25, -0.2) is 0 Å². The van der Waals surface area contributed by atoms with E-state index >= 15 is 0 Å². The van der Waals surface area contributed by atoms with Crippen LogP contribution in [0.3, 0.4) is 0 Å². The first-order valence-corrected chi connectivity index (χ1v) is 1.95. The van der Waals surface area contributed by atoms with Gasteiger partial charge in [0.05, 0.1) is 6.10 Å². The van der Waals surface area contributed by atoms with Gasteiger partial charge >= 0.3 is 17.1 Å². The third-order valence-electron chi connectivity index (χ3n) is 0.591. The third-order valence-corrected chi connectivity index (χ3v) is 0.591. The van der Waals surface area contributed by atoms with E-state index in [1.165, 1.54) is 0 Å². The van der Waals surface area contributed by atoms with Crippen LogP contribution in [-0.4, -0.2) is 11.2 Å². The largest absolute Gasteiger partial charge is 2.00 e. The predicted molar refractivity (Wildman–Crippen MR) is 22.0 cm³/mol. The van der Waals surface area contributed by atoms with E-state index in [9.17, 15) is 0 Å². The topological polar surface area (TPSA) is 20.2 Å². The van der Waals surface area contributed by atoms with Gasteiger partial charge < -0.3 is 5.11 Å². The second kappa shape index (κ2) is 5.48. The van der Waals surface area contributed by atoms with Gasteiger partial charge in [0.2, 0.25) is 0 Å². The first-order valence-electron chi connectivity index (χ1n) is 1.95. The molecule has 0 aliphatic heterocycles. The second-order valence-electron chi connectivity index (χ2n) is 1.26. The van der Waals surface area contributed by atoms with Crippen molar-refractivity contribution in [3.8, 4) is 0 Å². The third kappa shape index (κ3) is 8.82. The number of rotatable bonds is 1. The van der Waals surface area contributed by atoms with E-state index in [2.05, 4.69) is 0 Å². The Bertz CT molecular complexity index is 21.5. The fourth-order valence-corrected chi connectivity index (χ4v) is 0. The maximum Gasteiger partial charge on any atom is 2.00 e. The van der Waals surface area contributed by atoms with Crippen LogP contribution in [0.1, 0.15) is 20.3 Å². The van der Waals surface area contributed by atoms with E-state index < -0.39 is 0 Å². The Hall–Kier alpha value is 0.479. The Kier molecular flexibility index (Phi) is 8.85. The molecule has 0 saturated heterocycles. The van der Waals surface area contributed by atoms with Gasteiger partial charge in [-0.15, -0.1) is 0 Å². The summed E-state index contributed by atoms with van der Waals surface area (Å²) in [5, 5.41) is 8.36. The molecular formula is C4H10FeO+2. The van der Waals surface area contributed by atoms with Gasteiger partial charge in [-0.2, -0.15) is 0 Å². The summed E-state index contributed by atoms with van der Waals surface area (Å²) in [5.41, 5.74) is 0. The molecule has 0 heterocycles. The van der Waals surface area contributed by atoms with Crippen LogP contribution >= 0.6 is 0 Å². The van der Waals surface area contributed by atoms with Crippen molar-refractivity contribution >= 4 is 0 Å². The van der Waals surface area contributed by atoms with Crippen LogP contribution in [0.25, 0.3) is 0 Å². The van der Waals surface area contributed by atoms with E-state index in [0.29, 0.717) is 0 Å². The molecule has 0 rings (SSSR count). The molecule has 0 spiro atoms. The molecule has 0 saturated carbocycles. The van der Waals surface area contributed by atoms with Crippen LogP contribution in [0.2, 0.25) is 0 Å². The monoisotopic (exact) mass is 130 g/mol. The fourth-order valence-electron chi connectivity index (χ4n) is 0. The maximum absolute atomic E-state index is 8.36. The van der Waals surface area contributed by atoms with Crippen molar-refractivity contribution in [1.82, 2.24) is 0 Å². The minimum atomic E-state index is -0.116. The summed E-state index contributed by atoms with van der Waals surface area (Å²) >= 11 is 0. The van der Waals surface area contributed by atoms with Gasteiger partial charge in [0.25, 0.3) is 0 Å². The van der Waals surface area contributed by atoms with E-state index in [1.54, 1.807) is 6.92 Å². The molecule has 1 unspecified atom stereocenters. The van der Waals surface area contributed by atoms with Gasteiger partial charge in [0.15, 0.2) is 0 Å². The minimum Gasteiger partial charge on any atom is -0.393 e. The summed E-state index contributed by atoms with van der Waals surface area (Å²) in [6, 6.07) is 0. The summed E-state index contributed by atoms with van der Waals surface area (Å²) < 4.78 is 0. The van der Waals surface area contributed by atoms with Gasteiger partial charge in [0.1, 0.15) is 0 Å². The summed E-state index contributed by atoms with van der Waals surface area (Å²) in [7, 11) is 0. The number of hydrogen-bond acceptors (Lipinski definition) is 1. The number of aliphatic hydroxyl groups excluding tert-OH is 1. The average molecular weight is 130 g/mol. The Morgan fingerprint density at radius 3 is 1.83 bits per heavy atom. The standard InChI is InChI=1S/C4H10O.Fe/c1-3-4(2)5;/h4-5H,3H2,1-2H3;/q;+2. The van der Waals surface area contributed by atoms with E-state index in [0.717, 1.165) is 6.42 Å². The van der Waals surface area contributed by atoms with Crippen LogP contribution in [0.15, 0.2) is 0 Å². The van der Waals surface area contributed by atoms with Crippen molar-refractivity contribution in [2.75, 3.05) is 0 Å². The molecule has 38 valence electrons. The first-order chi connectivity index (χ1) is 2.27. The van der Waals surface area contributed by atoms with Crippen LogP contribution in [-0.2, 0) is 17.1 Å². The second-order valence-corrected chi connectivity index (χ2v) is 1.26. The molecule has 2 heteroatoms. The van der Waals surface area contributed by atoms with Crippen molar-refractivity contribution in [3.05, 3.63) is 0 Å². The van der Waals surface area contributed by atoms with Crippen molar-refractivity contribution < 1.29 is 22.2 Å². The van der Waals surface area contributed by atoms with Crippen molar-refractivity contribution in [3.63, 3.8) is 0 Å². The molecule has 1 N–H and O–H groups in total. The fraction of sp³-hybridized carbons (Fsp3) is 1.00. The number of hydrogen-bond donors (Lipinski definition) is 1. The summed E-state index contributed by atoms with van der Waals surface area (Å²) in [5.74, 6) is 0. The molecule has 1 nitrogen and oxygen atoms in total. The molecule has 0 bridgehead atoms. The van der Waals surface area contributed by atoms with Crippen molar-refractivity contribution in [2.24, 2.45) is 0 Å². The number of aliphatic hydroxyl groups is 1. The van der Waals surface area contributed by atoms with Crippen molar-refractivity contribution in [1.29, 1.82) is 0 Å². The SMILES string of the molecule is CCC(C)O.[Fe+2]. The summed E-state index contributed by atoms with van der Waals surface area (Å²) in [4.78, 5) is 0. The van der Waals surface area contributed by atoms with Crippen LogP contribution in [0, 0.1) is 0 Å². The van der Waals surface area contributed by atoms with E-state index in [-0.39, 0.29) is 23.2 Å². The van der Waals surface area contributed by atoms with Crippen molar-refractivity contribution in [2.45, 2.75) is 26.4 Å². The van der Waals surface area contributed by atoms with Gasteiger partial charge in [-0.3, -0.25) is 0 Å². The van der Waals surface area contributed by atoms with E-state index in [1.807, 2.05) is 6.92 Å². The van der Waals surface area contributed by atoms with Crippen LogP contribution in [0.5, 0.6) is 0 Å². The zero-order valence-corrected chi connectivity index (χ0v) is 5.19. The Balaban J connectivity index is 0. The molecule has 0 aliphatic rings. The molecule has 1 atom stereocenters. The molecule has 0 fully saturated rings. The molecule has 0 aliphatic carbocycles. The zero-order valence-electron chi connectivity index (χ0n) is 4.09. The Morgan fingerprint density at radius 1 is 1.67 bits per heavy atom.